The summed E-state index contributed by atoms with van der Waals surface area (Å²) in [6.45, 7) is 0. The first-order chi connectivity index (χ1) is 10.9. The number of methoxy groups -OCH3 is 2. The molecule has 0 saturated heterocycles. The molecule has 7 nitrogen and oxygen atoms in total. The first kappa shape index (κ1) is 16.6. The van der Waals surface area contributed by atoms with Gasteiger partial charge in [0.15, 0.2) is 0 Å². The zero-order valence-electron chi connectivity index (χ0n) is 12.2. The lowest BCUT2D eigenvalue weighted by Gasteiger charge is -2.09. The van der Waals surface area contributed by atoms with Gasteiger partial charge in [-0.05, 0) is 12.1 Å². The van der Waals surface area contributed by atoms with E-state index in [1.807, 2.05) is 0 Å². The number of benzene rings is 2. The number of ether oxygens (including phenoxy) is 3. The Bertz CT molecular complexity index is 739. The predicted molar refractivity (Wildman–Crippen MR) is 82.6 cm³/mol. The average molecular weight is 338 g/mol. The molecular weight excluding hydrogens is 326 g/mol. The number of nitro benzene ring substituents is 1. The van der Waals surface area contributed by atoms with Crippen molar-refractivity contribution in [3.05, 3.63) is 57.1 Å². The van der Waals surface area contributed by atoms with E-state index in [1.54, 1.807) is 6.07 Å². The van der Waals surface area contributed by atoms with Crippen LogP contribution in [-0.2, 0) is 0 Å². The minimum Gasteiger partial charge on any atom is -0.496 e. The second-order valence-corrected chi connectivity index (χ2v) is 4.77. The van der Waals surface area contributed by atoms with E-state index in [1.165, 1.54) is 38.5 Å². The Labute approximate surface area is 136 Å². The maximum absolute atomic E-state index is 12.1. The van der Waals surface area contributed by atoms with E-state index in [0.29, 0.717) is 11.5 Å². The third kappa shape index (κ3) is 3.89. The highest BCUT2D eigenvalue weighted by molar-refractivity contribution is 6.32. The molecule has 0 saturated carbocycles. The molecule has 0 aliphatic rings. The highest BCUT2D eigenvalue weighted by Gasteiger charge is 2.18. The lowest BCUT2D eigenvalue weighted by Crippen LogP contribution is -2.09. The summed E-state index contributed by atoms with van der Waals surface area (Å²) in [5, 5.41) is 10.8. The molecule has 0 amide bonds. The zero-order valence-corrected chi connectivity index (χ0v) is 13.0. The van der Waals surface area contributed by atoms with Crippen LogP contribution >= 0.6 is 11.6 Å². The number of carbonyl (C=O) groups is 1. The molecule has 2 rings (SSSR count). The summed E-state index contributed by atoms with van der Waals surface area (Å²) < 4.78 is 15.3. The van der Waals surface area contributed by atoms with Crippen molar-refractivity contribution in [1.29, 1.82) is 0 Å². The standard InChI is InChI=1S/C15H12ClNO6/c1-21-10-6-11(22-2)8-12(7-10)23-15(18)9-3-4-13(16)14(5-9)17(19)20/h3-8H,1-2H3. The number of nitrogens with zero attached hydrogens (tertiary/aromatic N) is 1. The summed E-state index contributed by atoms with van der Waals surface area (Å²) in [5.74, 6) is 0.298. The molecular formula is C15H12ClNO6. The van der Waals surface area contributed by atoms with Crippen LogP contribution in [0.25, 0.3) is 0 Å². The Morgan fingerprint density at radius 2 is 1.61 bits per heavy atom. The van der Waals surface area contributed by atoms with E-state index >= 15 is 0 Å². The molecule has 2 aromatic carbocycles. The molecule has 0 spiro atoms. The molecule has 120 valence electrons. The van der Waals surface area contributed by atoms with Crippen molar-refractivity contribution in [1.82, 2.24) is 0 Å². The van der Waals surface area contributed by atoms with Crippen LogP contribution in [0.15, 0.2) is 36.4 Å². The van der Waals surface area contributed by atoms with Gasteiger partial charge < -0.3 is 14.2 Å². The second kappa shape index (κ2) is 6.97. The number of hydrogen-bond donors (Lipinski definition) is 0. The van der Waals surface area contributed by atoms with Crippen LogP contribution < -0.4 is 14.2 Å². The van der Waals surface area contributed by atoms with E-state index in [2.05, 4.69) is 0 Å². The number of esters is 1. The molecule has 2 aromatic rings. The van der Waals surface area contributed by atoms with Crippen molar-refractivity contribution in [2.45, 2.75) is 0 Å². The fraction of sp³-hybridized carbons (Fsp3) is 0.133. The van der Waals surface area contributed by atoms with Crippen LogP contribution in [0.3, 0.4) is 0 Å². The predicted octanol–water partition coefficient (Wildman–Crippen LogP) is 3.48. The van der Waals surface area contributed by atoms with Crippen LogP contribution in [0.4, 0.5) is 5.69 Å². The molecule has 8 heteroatoms. The maximum Gasteiger partial charge on any atom is 0.343 e. The molecule has 0 radical (unpaired) electrons. The van der Waals surface area contributed by atoms with E-state index in [9.17, 15) is 14.9 Å². The minimum absolute atomic E-state index is 0.00267. The number of rotatable bonds is 5. The van der Waals surface area contributed by atoms with E-state index in [0.717, 1.165) is 6.07 Å². The van der Waals surface area contributed by atoms with Crippen molar-refractivity contribution >= 4 is 23.3 Å². The highest BCUT2D eigenvalue weighted by atomic mass is 35.5. The van der Waals surface area contributed by atoms with Crippen molar-refractivity contribution in [3.63, 3.8) is 0 Å². The van der Waals surface area contributed by atoms with E-state index in [4.69, 9.17) is 25.8 Å². The van der Waals surface area contributed by atoms with Gasteiger partial charge in [0.1, 0.15) is 22.3 Å². The van der Waals surface area contributed by atoms with Crippen LogP contribution in [0.5, 0.6) is 17.2 Å². The highest BCUT2D eigenvalue weighted by Crippen LogP contribution is 2.29. The van der Waals surface area contributed by atoms with Gasteiger partial charge in [-0.25, -0.2) is 4.79 Å². The van der Waals surface area contributed by atoms with Crippen LogP contribution in [-0.4, -0.2) is 25.1 Å². The maximum atomic E-state index is 12.1. The normalized spacial score (nSPS) is 10.0. The zero-order chi connectivity index (χ0) is 17.0. The Morgan fingerprint density at radius 1 is 1.04 bits per heavy atom. The lowest BCUT2D eigenvalue weighted by atomic mass is 10.2. The summed E-state index contributed by atoms with van der Waals surface area (Å²) >= 11 is 5.71. The van der Waals surface area contributed by atoms with Gasteiger partial charge in [-0.15, -0.1) is 0 Å². The molecule has 0 bridgehead atoms. The molecule has 0 N–H and O–H groups in total. The number of halogens is 1. The Hall–Kier alpha value is -2.80. The largest absolute Gasteiger partial charge is 0.496 e. The van der Waals surface area contributed by atoms with Crippen LogP contribution in [0, 0.1) is 10.1 Å². The van der Waals surface area contributed by atoms with Gasteiger partial charge in [0.05, 0.1) is 24.7 Å². The first-order valence-corrected chi connectivity index (χ1v) is 6.71. The molecule has 23 heavy (non-hydrogen) atoms. The van der Waals surface area contributed by atoms with Crippen LogP contribution in [0.2, 0.25) is 5.02 Å². The van der Waals surface area contributed by atoms with E-state index < -0.39 is 10.9 Å². The molecule has 0 heterocycles. The lowest BCUT2D eigenvalue weighted by molar-refractivity contribution is -0.384. The van der Waals surface area contributed by atoms with E-state index in [-0.39, 0.29) is 22.0 Å². The van der Waals surface area contributed by atoms with Crippen molar-refractivity contribution in [3.8, 4) is 17.2 Å². The third-order valence-electron chi connectivity index (χ3n) is 2.91. The fourth-order valence-electron chi connectivity index (χ4n) is 1.79. The van der Waals surface area contributed by atoms with Gasteiger partial charge in [0, 0.05) is 24.3 Å². The van der Waals surface area contributed by atoms with Gasteiger partial charge in [-0.3, -0.25) is 10.1 Å². The minimum atomic E-state index is -0.764. The molecule has 0 aliphatic heterocycles. The number of hydrogen-bond acceptors (Lipinski definition) is 6. The molecule has 0 unspecified atom stereocenters. The van der Waals surface area contributed by atoms with Crippen molar-refractivity contribution in [2.24, 2.45) is 0 Å². The van der Waals surface area contributed by atoms with Gasteiger partial charge in [0.2, 0.25) is 0 Å². The summed E-state index contributed by atoms with van der Waals surface area (Å²) in [5.41, 5.74) is -0.368. The number of nitro groups is 1. The topological polar surface area (TPSA) is 87.9 Å². The Kier molecular flexibility index (Phi) is 5.02. The monoisotopic (exact) mass is 337 g/mol. The summed E-state index contributed by atoms with van der Waals surface area (Å²) in [7, 11) is 2.92. The smallest absolute Gasteiger partial charge is 0.343 e. The van der Waals surface area contributed by atoms with Crippen LogP contribution in [0.1, 0.15) is 10.4 Å². The fourth-order valence-corrected chi connectivity index (χ4v) is 1.97. The van der Waals surface area contributed by atoms with Gasteiger partial charge in [-0.2, -0.15) is 0 Å². The van der Waals surface area contributed by atoms with Gasteiger partial charge in [0.25, 0.3) is 5.69 Å². The van der Waals surface area contributed by atoms with Crippen molar-refractivity contribution < 1.29 is 23.9 Å². The molecule has 0 atom stereocenters. The van der Waals surface area contributed by atoms with Gasteiger partial charge >= 0.3 is 5.97 Å². The van der Waals surface area contributed by atoms with Gasteiger partial charge in [-0.1, -0.05) is 11.6 Å². The first-order valence-electron chi connectivity index (χ1n) is 6.33. The quantitative estimate of drug-likeness (QED) is 0.359. The Morgan fingerprint density at radius 3 is 2.13 bits per heavy atom. The van der Waals surface area contributed by atoms with Crippen molar-refractivity contribution in [2.75, 3.05) is 14.2 Å². The summed E-state index contributed by atoms with van der Waals surface area (Å²) in [6.07, 6.45) is 0. The SMILES string of the molecule is COc1cc(OC)cc(OC(=O)c2ccc(Cl)c([N+](=O)[O-])c2)c1. The summed E-state index contributed by atoms with van der Waals surface area (Å²) in [6, 6.07) is 8.26. The molecule has 0 aromatic heterocycles. The molecule has 0 fully saturated rings. The molecule has 0 aliphatic carbocycles. The Balaban J connectivity index is 2.29. The number of carbonyl (C=O) groups excluding carboxylic acids is 1. The average Bonchev–Trinajstić information content (AvgIpc) is 2.54. The third-order valence-corrected chi connectivity index (χ3v) is 3.23. The summed E-state index contributed by atoms with van der Waals surface area (Å²) in [4.78, 5) is 22.3. The second-order valence-electron chi connectivity index (χ2n) is 4.36.